The minimum Gasteiger partial charge on any atom is -0.297 e. The largest absolute Gasteiger partial charge is 0.297 e. The summed E-state index contributed by atoms with van der Waals surface area (Å²) in [6.45, 7) is 2.94. The Morgan fingerprint density at radius 3 is 2.89 bits per heavy atom. The molecule has 2 aromatic rings. The van der Waals surface area contributed by atoms with Crippen molar-refractivity contribution in [2.24, 2.45) is 0 Å². The molecule has 2 aromatic heterocycles. The Morgan fingerprint density at radius 2 is 2.28 bits per heavy atom. The monoisotopic (exact) mass is 283 g/mol. The van der Waals surface area contributed by atoms with Gasteiger partial charge in [0.25, 0.3) is 0 Å². The molecule has 1 aliphatic heterocycles. The Morgan fingerprint density at radius 1 is 1.44 bits per heavy atom. The highest BCUT2D eigenvalue weighted by Gasteiger charge is 2.22. The van der Waals surface area contributed by atoms with Gasteiger partial charge >= 0.3 is 0 Å². The SMILES string of the molecule is Clc1snnc1CN1CCC(c2ccn[nH]2)CC1. The molecule has 0 atom stereocenters. The first-order valence-electron chi connectivity index (χ1n) is 6.01. The second kappa shape index (κ2) is 5.34. The zero-order valence-electron chi connectivity index (χ0n) is 9.84. The van der Waals surface area contributed by atoms with Crippen molar-refractivity contribution in [3.8, 4) is 0 Å². The van der Waals surface area contributed by atoms with Crippen LogP contribution in [0.15, 0.2) is 12.3 Å². The van der Waals surface area contributed by atoms with E-state index in [-0.39, 0.29) is 0 Å². The highest BCUT2D eigenvalue weighted by molar-refractivity contribution is 7.10. The first-order chi connectivity index (χ1) is 8.83. The van der Waals surface area contributed by atoms with Crippen LogP contribution >= 0.6 is 23.1 Å². The lowest BCUT2D eigenvalue weighted by molar-refractivity contribution is 0.201. The van der Waals surface area contributed by atoms with Crippen LogP contribution < -0.4 is 0 Å². The Labute approximate surface area is 114 Å². The Hall–Kier alpha value is -0.980. The predicted molar refractivity (Wildman–Crippen MR) is 70.8 cm³/mol. The molecular formula is C11H14ClN5S. The molecule has 0 spiro atoms. The predicted octanol–water partition coefficient (Wildman–Crippen LogP) is 2.29. The van der Waals surface area contributed by atoms with Gasteiger partial charge in [-0.25, -0.2) is 0 Å². The molecule has 3 rings (SSSR count). The standard InChI is InChI=1S/C11H14ClN5S/c12-11-10(15-16-18-11)7-17-5-2-8(3-6-17)9-1-4-13-14-9/h1,4,8H,2-3,5-7H2,(H,13,14). The Balaban J connectivity index is 1.56. The van der Waals surface area contributed by atoms with E-state index in [0.29, 0.717) is 10.3 Å². The number of hydrogen-bond donors (Lipinski definition) is 1. The highest BCUT2D eigenvalue weighted by atomic mass is 35.5. The number of rotatable bonds is 3. The minimum atomic E-state index is 0.604. The molecule has 3 heterocycles. The van der Waals surface area contributed by atoms with E-state index in [2.05, 4.69) is 30.8 Å². The van der Waals surface area contributed by atoms with Gasteiger partial charge in [0, 0.05) is 35.9 Å². The van der Waals surface area contributed by atoms with E-state index in [1.165, 1.54) is 17.2 Å². The number of aromatic amines is 1. The van der Waals surface area contributed by atoms with Crippen molar-refractivity contribution in [2.75, 3.05) is 13.1 Å². The van der Waals surface area contributed by atoms with E-state index in [9.17, 15) is 0 Å². The van der Waals surface area contributed by atoms with Gasteiger partial charge in [-0.3, -0.25) is 10.00 Å². The fraction of sp³-hybridized carbons (Fsp3) is 0.545. The number of halogens is 1. The fourth-order valence-electron chi connectivity index (χ4n) is 2.40. The van der Waals surface area contributed by atoms with Gasteiger partial charge < -0.3 is 0 Å². The van der Waals surface area contributed by atoms with E-state index in [4.69, 9.17) is 11.6 Å². The van der Waals surface area contributed by atoms with Crippen LogP contribution in [0.2, 0.25) is 4.34 Å². The summed E-state index contributed by atoms with van der Waals surface area (Å²) >= 11 is 7.28. The maximum absolute atomic E-state index is 6.02. The summed E-state index contributed by atoms with van der Waals surface area (Å²) in [6, 6.07) is 2.07. The van der Waals surface area contributed by atoms with Gasteiger partial charge in [-0.15, -0.1) is 5.10 Å². The second-order valence-electron chi connectivity index (χ2n) is 4.56. The van der Waals surface area contributed by atoms with E-state index < -0.39 is 0 Å². The summed E-state index contributed by atoms with van der Waals surface area (Å²) in [7, 11) is 0. The fourth-order valence-corrected chi connectivity index (χ4v) is 3.01. The van der Waals surface area contributed by atoms with Gasteiger partial charge in [-0.05, 0) is 32.0 Å². The van der Waals surface area contributed by atoms with Gasteiger partial charge in [0.15, 0.2) is 0 Å². The summed E-state index contributed by atoms with van der Waals surface area (Å²) in [5.74, 6) is 0.604. The second-order valence-corrected chi connectivity index (χ2v) is 5.91. The molecular weight excluding hydrogens is 270 g/mol. The number of H-pyrrole nitrogens is 1. The van der Waals surface area contributed by atoms with Crippen molar-refractivity contribution in [3.05, 3.63) is 28.0 Å². The highest BCUT2D eigenvalue weighted by Crippen LogP contribution is 2.28. The molecule has 7 heteroatoms. The molecule has 0 aliphatic carbocycles. The lowest BCUT2D eigenvalue weighted by atomic mass is 9.94. The van der Waals surface area contributed by atoms with Crippen LogP contribution in [-0.4, -0.2) is 37.8 Å². The summed E-state index contributed by atoms with van der Waals surface area (Å²) in [6.07, 6.45) is 4.12. The van der Waals surface area contributed by atoms with Crippen LogP contribution in [-0.2, 0) is 6.54 Å². The van der Waals surface area contributed by atoms with Crippen LogP contribution in [0.5, 0.6) is 0 Å². The van der Waals surface area contributed by atoms with Crippen molar-refractivity contribution in [2.45, 2.75) is 25.3 Å². The lowest BCUT2D eigenvalue weighted by Gasteiger charge is -2.30. The molecule has 1 aliphatic rings. The van der Waals surface area contributed by atoms with E-state index >= 15 is 0 Å². The van der Waals surface area contributed by atoms with Gasteiger partial charge in [0.1, 0.15) is 10.0 Å². The Bertz CT molecular complexity index is 489. The summed E-state index contributed by atoms with van der Waals surface area (Å²) in [4.78, 5) is 2.38. The van der Waals surface area contributed by atoms with Crippen molar-refractivity contribution < 1.29 is 0 Å². The molecule has 0 amide bonds. The van der Waals surface area contributed by atoms with Crippen molar-refractivity contribution in [3.63, 3.8) is 0 Å². The van der Waals surface area contributed by atoms with Gasteiger partial charge in [0.2, 0.25) is 0 Å². The smallest absolute Gasteiger partial charge is 0.138 e. The van der Waals surface area contributed by atoms with Crippen LogP contribution in [0.3, 0.4) is 0 Å². The van der Waals surface area contributed by atoms with Crippen molar-refractivity contribution >= 4 is 23.1 Å². The molecule has 1 fully saturated rings. The molecule has 0 unspecified atom stereocenters. The van der Waals surface area contributed by atoms with Crippen LogP contribution in [0.25, 0.3) is 0 Å². The van der Waals surface area contributed by atoms with Crippen molar-refractivity contribution in [1.82, 2.24) is 24.7 Å². The number of nitrogens with one attached hydrogen (secondary N) is 1. The van der Waals surface area contributed by atoms with Crippen LogP contribution in [0.4, 0.5) is 0 Å². The number of likely N-dealkylation sites (tertiary alicyclic amines) is 1. The van der Waals surface area contributed by atoms with E-state index in [1.54, 1.807) is 0 Å². The maximum atomic E-state index is 6.02. The van der Waals surface area contributed by atoms with Crippen molar-refractivity contribution in [1.29, 1.82) is 0 Å². The number of hydrogen-bond acceptors (Lipinski definition) is 5. The molecule has 1 N–H and O–H groups in total. The average molecular weight is 284 g/mol. The summed E-state index contributed by atoms with van der Waals surface area (Å²) in [5.41, 5.74) is 2.16. The van der Waals surface area contributed by atoms with Gasteiger partial charge in [0.05, 0.1) is 0 Å². The normalized spacial score (nSPS) is 18.3. The minimum absolute atomic E-state index is 0.604. The molecule has 1 saturated heterocycles. The van der Waals surface area contributed by atoms with E-state index in [0.717, 1.165) is 38.2 Å². The first kappa shape index (κ1) is 12.1. The van der Waals surface area contributed by atoms with Gasteiger partial charge in [-0.2, -0.15) is 5.10 Å². The number of aromatic nitrogens is 4. The quantitative estimate of drug-likeness (QED) is 0.939. The average Bonchev–Trinajstić information content (AvgIpc) is 3.03. The summed E-state index contributed by atoms with van der Waals surface area (Å²) in [5, 5.41) is 11.1. The van der Waals surface area contributed by atoms with Crippen LogP contribution in [0.1, 0.15) is 30.1 Å². The molecule has 5 nitrogen and oxygen atoms in total. The molecule has 0 bridgehead atoms. The maximum Gasteiger partial charge on any atom is 0.138 e. The zero-order chi connectivity index (χ0) is 12.4. The molecule has 18 heavy (non-hydrogen) atoms. The first-order valence-corrected chi connectivity index (χ1v) is 7.16. The third kappa shape index (κ3) is 2.55. The summed E-state index contributed by atoms with van der Waals surface area (Å²) < 4.78 is 4.58. The third-order valence-corrected chi connectivity index (χ3v) is 4.42. The van der Waals surface area contributed by atoms with E-state index in [1.807, 2.05) is 6.20 Å². The number of nitrogens with zero attached hydrogens (tertiary/aromatic N) is 4. The van der Waals surface area contributed by atoms with Crippen LogP contribution in [0, 0.1) is 0 Å². The molecule has 96 valence electrons. The Kier molecular flexibility index (Phi) is 3.58. The molecule has 0 saturated carbocycles. The third-order valence-electron chi connectivity index (χ3n) is 3.43. The zero-order valence-corrected chi connectivity index (χ0v) is 11.4. The topological polar surface area (TPSA) is 57.7 Å². The lowest BCUT2D eigenvalue weighted by Crippen LogP contribution is -2.32. The molecule has 0 aromatic carbocycles. The molecule has 0 radical (unpaired) electrons. The number of piperidine rings is 1. The van der Waals surface area contributed by atoms with Gasteiger partial charge in [-0.1, -0.05) is 16.1 Å².